The Labute approximate surface area is 188 Å². The summed E-state index contributed by atoms with van der Waals surface area (Å²) in [7, 11) is 3.15. The molecule has 2 atom stereocenters. The van der Waals surface area contributed by atoms with Crippen molar-refractivity contribution in [3.8, 4) is 0 Å². The molecule has 10 nitrogen and oxygen atoms in total. The summed E-state index contributed by atoms with van der Waals surface area (Å²) < 4.78 is 4.59. The number of nitrogens with one attached hydrogen (secondary N) is 4. The highest BCUT2D eigenvalue weighted by atomic mass is 16.5. The average Bonchev–Trinajstić information content (AvgIpc) is 3.21. The fourth-order valence-corrected chi connectivity index (χ4v) is 3.78. The quantitative estimate of drug-likeness (QED) is 0.501. The van der Waals surface area contributed by atoms with Crippen LogP contribution in [0.4, 0.5) is 10.5 Å². The molecule has 0 aromatic heterocycles. The number of nitrogens with zero attached hydrogens (tertiary/aromatic N) is 2. The van der Waals surface area contributed by atoms with E-state index in [1.807, 2.05) is 57.1 Å². The Hall–Kier alpha value is -3.11. The third-order valence-corrected chi connectivity index (χ3v) is 5.51. The molecular formula is C22H32N6O4. The summed E-state index contributed by atoms with van der Waals surface area (Å²) in [5, 5.41) is 10.6. The zero-order chi connectivity index (χ0) is 23.4. The van der Waals surface area contributed by atoms with Crippen LogP contribution in [-0.2, 0) is 20.9 Å². The molecule has 10 heteroatoms. The van der Waals surface area contributed by atoms with Crippen molar-refractivity contribution in [1.29, 1.82) is 0 Å². The lowest BCUT2D eigenvalue weighted by atomic mass is 10.0. The summed E-state index contributed by atoms with van der Waals surface area (Å²) in [6.45, 7) is 6.88. The molecule has 0 saturated carbocycles. The summed E-state index contributed by atoms with van der Waals surface area (Å²) in [4.78, 5) is 38.4. The Morgan fingerprint density at radius 1 is 1.31 bits per heavy atom. The van der Waals surface area contributed by atoms with E-state index in [4.69, 9.17) is 0 Å². The van der Waals surface area contributed by atoms with Crippen LogP contribution in [0.5, 0.6) is 0 Å². The van der Waals surface area contributed by atoms with Gasteiger partial charge in [-0.2, -0.15) is 0 Å². The minimum Gasteiger partial charge on any atom is -0.453 e. The molecule has 3 amide bonds. The molecule has 1 saturated heterocycles. The molecule has 0 spiro atoms. The molecular weight excluding hydrogens is 412 g/mol. The van der Waals surface area contributed by atoms with Gasteiger partial charge in [0.25, 0.3) is 5.91 Å². The van der Waals surface area contributed by atoms with Gasteiger partial charge in [0.2, 0.25) is 5.91 Å². The molecule has 1 aromatic carbocycles. The van der Waals surface area contributed by atoms with Crippen LogP contribution < -0.4 is 21.4 Å². The largest absolute Gasteiger partial charge is 0.453 e. The van der Waals surface area contributed by atoms with E-state index in [-0.39, 0.29) is 36.5 Å². The van der Waals surface area contributed by atoms with Gasteiger partial charge >= 0.3 is 6.09 Å². The molecule has 32 heavy (non-hydrogen) atoms. The van der Waals surface area contributed by atoms with Gasteiger partial charge < -0.3 is 25.6 Å². The fraction of sp³-hybridized carbons (Fsp3) is 0.500. The first-order valence-electron chi connectivity index (χ1n) is 10.7. The fourth-order valence-electron chi connectivity index (χ4n) is 3.78. The summed E-state index contributed by atoms with van der Waals surface area (Å²) >= 11 is 0. The predicted octanol–water partition coefficient (Wildman–Crippen LogP) is 1.29. The first-order chi connectivity index (χ1) is 15.2. The highest BCUT2D eigenvalue weighted by molar-refractivity contribution is 5.95. The van der Waals surface area contributed by atoms with Gasteiger partial charge in [0.15, 0.2) is 0 Å². The summed E-state index contributed by atoms with van der Waals surface area (Å²) in [6.07, 6.45) is 1.28. The number of ether oxygens (including phenoxy) is 1. The van der Waals surface area contributed by atoms with Crippen molar-refractivity contribution in [3.63, 3.8) is 0 Å². The maximum absolute atomic E-state index is 13.0. The lowest BCUT2D eigenvalue weighted by molar-refractivity contribution is -0.134. The second-order valence-corrected chi connectivity index (χ2v) is 8.33. The molecule has 2 aliphatic heterocycles. The van der Waals surface area contributed by atoms with Gasteiger partial charge in [0.05, 0.1) is 25.9 Å². The predicted molar refractivity (Wildman–Crippen MR) is 120 cm³/mol. The number of carbonyl (C=O) groups is 3. The van der Waals surface area contributed by atoms with E-state index < -0.39 is 6.09 Å². The Morgan fingerprint density at radius 2 is 2.06 bits per heavy atom. The Morgan fingerprint density at radius 3 is 2.72 bits per heavy atom. The molecule has 4 N–H and O–H groups in total. The second kappa shape index (κ2) is 10.0. The van der Waals surface area contributed by atoms with E-state index in [2.05, 4.69) is 26.1 Å². The minimum atomic E-state index is -0.587. The normalized spacial score (nSPS) is 20.2. The maximum Gasteiger partial charge on any atom is 0.408 e. The lowest BCUT2D eigenvalue weighted by Crippen LogP contribution is -2.57. The van der Waals surface area contributed by atoms with Crippen molar-refractivity contribution < 1.29 is 19.1 Å². The van der Waals surface area contributed by atoms with Crippen molar-refractivity contribution >= 4 is 23.6 Å². The highest BCUT2D eigenvalue weighted by Gasteiger charge is 2.39. The number of alkyl carbamates (subject to hydrolysis) is 1. The van der Waals surface area contributed by atoms with E-state index >= 15 is 0 Å². The summed E-state index contributed by atoms with van der Waals surface area (Å²) in [5.41, 5.74) is 6.55. The average molecular weight is 445 g/mol. The smallest absolute Gasteiger partial charge is 0.408 e. The van der Waals surface area contributed by atoms with E-state index in [0.717, 1.165) is 16.8 Å². The van der Waals surface area contributed by atoms with Crippen LogP contribution in [0.2, 0.25) is 0 Å². The zero-order valence-electron chi connectivity index (χ0n) is 19.2. The van der Waals surface area contributed by atoms with Gasteiger partial charge in [-0.3, -0.25) is 14.6 Å². The van der Waals surface area contributed by atoms with Gasteiger partial charge in [-0.1, -0.05) is 26.0 Å². The number of fused-ring (bicyclic) bond motifs is 1. The summed E-state index contributed by atoms with van der Waals surface area (Å²) in [6, 6.07) is 5.64. The molecule has 0 bridgehead atoms. The molecule has 3 rings (SSSR count). The first-order valence-corrected chi connectivity index (χ1v) is 10.7. The number of amides is 3. The van der Waals surface area contributed by atoms with Crippen LogP contribution >= 0.6 is 0 Å². The SMILES string of the molecule is CNCc1ccc(C2C=C3C(=O)N(CNC(=O)OC)CC(C)N3N2)c(NC(=O)C(C)C)c1. The standard InChI is InChI=1S/C22H32N6O4/c1-13(2)20(29)25-17-8-15(10-23-4)6-7-16(17)18-9-19-21(30)27(12-24-22(31)32-5)11-14(3)28(19)26-18/h6-9,13-14,18,23,26H,10-12H2,1-5H3,(H,24,31)(H,25,29). The Kier molecular flexibility index (Phi) is 7.37. The second-order valence-electron chi connectivity index (χ2n) is 8.33. The van der Waals surface area contributed by atoms with Gasteiger partial charge in [0, 0.05) is 24.7 Å². The molecule has 2 heterocycles. The van der Waals surface area contributed by atoms with Crippen molar-refractivity contribution in [2.45, 2.75) is 39.4 Å². The number of hydrazine groups is 1. The monoisotopic (exact) mass is 444 g/mol. The minimum absolute atomic E-state index is 0.0133. The number of anilines is 1. The first kappa shape index (κ1) is 23.6. The van der Waals surface area contributed by atoms with E-state index in [9.17, 15) is 14.4 Å². The summed E-state index contributed by atoms with van der Waals surface area (Å²) in [5.74, 6) is -0.413. The van der Waals surface area contributed by atoms with E-state index in [1.54, 1.807) is 4.90 Å². The van der Waals surface area contributed by atoms with Crippen molar-refractivity contribution in [2.75, 3.05) is 32.7 Å². The van der Waals surface area contributed by atoms with Gasteiger partial charge in [-0.15, -0.1) is 0 Å². The molecule has 2 unspecified atom stereocenters. The zero-order valence-corrected chi connectivity index (χ0v) is 19.2. The van der Waals surface area contributed by atoms with Crippen LogP contribution in [0.15, 0.2) is 30.0 Å². The Balaban J connectivity index is 1.87. The van der Waals surface area contributed by atoms with Crippen LogP contribution in [0.1, 0.15) is 37.9 Å². The van der Waals surface area contributed by atoms with Gasteiger partial charge in [0.1, 0.15) is 5.70 Å². The number of hydrogen-bond donors (Lipinski definition) is 4. The van der Waals surface area contributed by atoms with Gasteiger partial charge in [-0.25, -0.2) is 10.2 Å². The third kappa shape index (κ3) is 5.03. The van der Waals surface area contributed by atoms with Crippen molar-refractivity contribution in [1.82, 2.24) is 26.0 Å². The molecule has 2 aliphatic rings. The van der Waals surface area contributed by atoms with Crippen molar-refractivity contribution in [2.24, 2.45) is 5.92 Å². The van der Waals surface area contributed by atoms with Crippen LogP contribution in [0.25, 0.3) is 0 Å². The van der Waals surface area contributed by atoms with Crippen LogP contribution in [0, 0.1) is 5.92 Å². The molecule has 1 fully saturated rings. The Bertz CT molecular complexity index is 916. The van der Waals surface area contributed by atoms with Crippen molar-refractivity contribution in [3.05, 3.63) is 41.1 Å². The number of rotatable bonds is 7. The number of hydrogen-bond acceptors (Lipinski definition) is 7. The number of piperazine rings is 1. The van der Waals surface area contributed by atoms with E-state index in [0.29, 0.717) is 18.8 Å². The lowest BCUT2D eigenvalue weighted by Gasteiger charge is -2.39. The molecule has 0 aliphatic carbocycles. The van der Waals surface area contributed by atoms with Crippen LogP contribution in [-0.4, -0.2) is 61.2 Å². The topological polar surface area (TPSA) is 115 Å². The number of carbonyl (C=O) groups excluding carboxylic acids is 3. The van der Waals surface area contributed by atoms with Gasteiger partial charge in [-0.05, 0) is 37.2 Å². The molecule has 1 aromatic rings. The van der Waals surface area contributed by atoms with Crippen LogP contribution in [0.3, 0.4) is 0 Å². The molecule has 0 radical (unpaired) electrons. The van der Waals surface area contributed by atoms with E-state index in [1.165, 1.54) is 7.11 Å². The maximum atomic E-state index is 13.0. The highest BCUT2D eigenvalue weighted by Crippen LogP contribution is 2.34. The third-order valence-electron chi connectivity index (χ3n) is 5.51. The molecule has 174 valence electrons. The number of benzene rings is 1. The number of methoxy groups -OCH3 is 1.